The van der Waals surface area contributed by atoms with Gasteiger partial charge < -0.3 is 4.90 Å². The summed E-state index contributed by atoms with van der Waals surface area (Å²) >= 11 is 0. The molecule has 1 nitrogen and oxygen atoms in total. The maximum atomic E-state index is 5.35. The SMILES string of the molecule is C#Cc1ccc(N(C)CCCCCCCC)cc1. The first-order valence-corrected chi connectivity index (χ1v) is 7.05. The van der Waals surface area contributed by atoms with Crippen LogP contribution < -0.4 is 4.90 Å². The van der Waals surface area contributed by atoms with Crippen LogP contribution in [0.2, 0.25) is 0 Å². The fourth-order valence-corrected chi connectivity index (χ4v) is 2.07. The molecule has 0 spiro atoms. The lowest BCUT2D eigenvalue weighted by atomic mass is 10.1. The van der Waals surface area contributed by atoms with Crippen LogP contribution in [0.25, 0.3) is 0 Å². The Morgan fingerprint density at radius 3 is 2.22 bits per heavy atom. The van der Waals surface area contributed by atoms with Crippen molar-refractivity contribution in [2.24, 2.45) is 0 Å². The quantitative estimate of drug-likeness (QED) is 0.481. The zero-order valence-electron chi connectivity index (χ0n) is 11.8. The largest absolute Gasteiger partial charge is 0.375 e. The smallest absolute Gasteiger partial charge is 0.0364 e. The highest BCUT2D eigenvalue weighted by Crippen LogP contribution is 2.14. The number of benzene rings is 1. The van der Waals surface area contributed by atoms with Gasteiger partial charge in [-0.15, -0.1) is 6.42 Å². The Morgan fingerprint density at radius 2 is 1.61 bits per heavy atom. The molecule has 0 amide bonds. The fraction of sp³-hybridized carbons (Fsp3) is 0.529. The molecule has 0 aromatic heterocycles. The molecule has 0 aliphatic rings. The molecule has 0 saturated heterocycles. The number of anilines is 1. The average Bonchev–Trinajstić information content (AvgIpc) is 2.42. The van der Waals surface area contributed by atoms with Gasteiger partial charge in [0.15, 0.2) is 0 Å². The Kier molecular flexibility index (Phi) is 7.03. The first-order valence-electron chi connectivity index (χ1n) is 7.05. The van der Waals surface area contributed by atoms with Crippen LogP contribution in [0.4, 0.5) is 5.69 Å². The van der Waals surface area contributed by atoms with Crippen LogP contribution in [0.15, 0.2) is 24.3 Å². The van der Waals surface area contributed by atoms with E-state index in [1.54, 1.807) is 0 Å². The van der Waals surface area contributed by atoms with Crippen molar-refractivity contribution >= 4 is 5.69 Å². The van der Waals surface area contributed by atoms with E-state index in [1.165, 1.54) is 44.2 Å². The predicted octanol–water partition coefficient (Wildman–Crippen LogP) is 4.46. The highest BCUT2D eigenvalue weighted by atomic mass is 15.1. The Labute approximate surface area is 112 Å². The van der Waals surface area contributed by atoms with Crippen LogP contribution in [0.3, 0.4) is 0 Å². The standard InChI is InChI=1S/C17H25N/c1-4-6-7-8-9-10-15-18(3)17-13-11-16(5-2)12-14-17/h2,11-14H,4,6-10,15H2,1,3H3. The Hall–Kier alpha value is -1.42. The van der Waals surface area contributed by atoms with Gasteiger partial charge in [-0.05, 0) is 30.7 Å². The zero-order chi connectivity index (χ0) is 13.2. The van der Waals surface area contributed by atoms with Crippen LogP contribution in [0, 0.1) is 12.3 Å². The molecule has 1 heteroatoms. The molecule has 1 rings (SSSR count). The van der Waals surface area contributed by atoms with Gasteiger partial charge in [0.05, 0.1) is 0 Å². The molecule has 0 unspecified atom stereocenters. The van der Waals surface area contributed by atoms with Crippen LogP contribution in [0.5, 0.6) is 0 Å². The summed E-state index contributed by atoms with van der Waals surface area (Å²) in [7, 11) is 2.15. The van der Waals surface area contributed by atoms with Crippen LogP contribution in [-0.4, -0.2) is 13.6 Å². The van der Waals surface area contributed by atoms with Crippen LogP contribution in [-0.2, 0) is 0 Å². The molecule has 1 aromatic rings. The summed E-state index contributed by atoms with van der Waals surface area (Å²) in [5, 5.41) is 0. The molecule has 0 heterocycles. The average molecular weight is 243 g/mol. The summed E-state index contributed by atoms with van der Waals surface area (Å²) in [5.41, 5.74) is 2.20. The third-order valence-electron chi connectivity index (χ3n) is 3.32. The first kappa shape index (κ1) is 14.6. The van der Waals surface area contributed by atoms with Gasteiger partial charge in [-0.25, -0.2) is 0 Å². The second-order valence-electron chi connectivity index (χ2n) is 4.88. The number of hydrogen-bond acceptors (Lipinski definition) is 1. The van der Waals surface area contributed by atoms with Crippen molar-refractivity contribution in [3.63, 3.8) is 0 Å². The number of rotatable bonds is 8. The molecule has 98 valence electrons. The molecule has 18 heavy (non-hydrogen) atoms. The summed E-state index contributed by atoms with van der Waals surface area (Å²) in [6.45, 7) is 3.38. The third-order valence-corrected chi connectivity index (χ3v) is 3.32. The first-order chi connectivity index (χ1) is 8.77. The summed E-state index contributed by atoms with van der Waals surface area (Å²) < 4.78 is 0. The Morgan fingerprint density at radius 1 is 1.00 bits per heavy atom. The van der Waals surface area contributed by atoms with E-state index in [2.05, 4.69) is 36.9 Å². The normalized spacial score (nSPS) is 10.1. The Bertz CT molecular complexity index is 358. The van der Waals surface area contributed by atoms with Crippen LogP contribution in [0.1, 0.15) is 51.0 Å². The molecular weight excluding hydrogens is 218 g/mol. The summed E-state index contributed by atoms with van der Waals surface area (Å²) in [6, 6.07) is 8.22. The van der Waals surface area contributed by atoms with Crippen molar-refractivity contribution in [1.29, 1.82) is 0 Å². The number of nitrogens with zero attached hydrogens (tertiary/aromatic N) is 1. The molecule has 0 saturated carbocycles. The van der Waals surface area contributed by atoms with Crippen molar-refractivity contribution in [2.75, 3.05) is 18.5 Å². The maximum Gasteiger partial charge on any atom is 0.0364 e. The maximum absolute atomic E-state index is 5.35. The topological polar surface area (TPSA) is 3.24 Å². The molecule has 0 fully saturated rings. The lowest BCUT2D eigenvalue weighted by molar-refractivity contribution is 0.606. The molecule has 0 bridgehead atoms. The van der Waals surface area contributed by atoms with Gasteiger partial charge in [0, 0.05) is 24.8 Å². The highest BCUT2D eigenvalue weighted by Gasteiger charge is 2.00. The van der Waals surface area contributed by atoms with Crippen LogP contribution >= 0.6 is 0 Å². The fourth-order valence-electron chi connectivity index (χ4n) is 2.07. The minimum atomic E-state index is 0.951. The molecule has 0 atom stereocenters. The molecule has 1 aromatic carbocycles. The van der Waals surface area contributed by atoms with E-state index in [9.17, 15) is 0 Å². The summed E-state index contributed by atoms with van der Waals surface area (Å²) in [4.78, 5) is 2.31. The number of unbranched alkanes of at least 4 members (excludes halogenated alkanes) is 5. The van der Waals surface area contributed by atoms with Gasteiger partial charge in [-0.1, -0.05) is 44.9 Å². The van der Waals surface area contributed by atoms with E-state index in [0.717, 1.165) is 12.1 Å². The van der Waals surface area contributed by atoms with E-state index in [0.29, 0.717) is 0 Å². The second-order valence-corrected chi connectivity index (χ2v) is 4.88. The predicted molar refractivity (Wildman–Crippen MR) is 81.0 cm³/mol. The van der Waals surface area contributed by atoms with Gasteiger partial charge in [0.1, 0.15) is 0 Å². The number of hydrogen-bond donors (Lipinski definition) is 0. The van der Waals surface area contributed by atoms with Crippen molar-refractivity contribution < 1.29 is 0 Å². The summed E-state index contributed by atoms with van der Waals surface area (Å²) in [5.74, 6) is 2.65. The van der Waals surface area contributed by atoms with Gasteiger partial charge >= 0.3 is 0 Å². The molecule has 0 radical (unpaired) electrons. The lowest BCUT2D eigenvalue weighted by Gasteiger charge is -2.19. The molecular formula is C17H25N. The van der Waals surface area contributed by atoms with Gasteiger partial charge in [0.2, 0.25) is 0 Å². The third kappa shape index (κ3) is 5.27. The van der Waals surface area contributed by atoms with Crippen molar-refractivity contribution in [3.8, 4) is 12.3 Å². The van der Waals surface area contributed by atoms with E-state index in [4.69, 9.17) is 6.42 Å². The molecule has 0 N–H and O–H groups in total. The van der Waals surface area contributed by atoms with E-state index in [1.807, 2.05) is 12.1 Å². The van der Waals surface area contributed by atoms with Gasteiger partial charge in [-0.3, -0.25) is 0 Å². The molecule has 0 aliphatic heterocycles. The monoisotopic (exact) mass is 243 g/mol. The van der Waals surface area contributed by atoms with Crippen molar-refractivity contribution in [2.45, 2.75) is 45.4 Å². The van der Waals surface area contributed by atoms with E-state index in [-0.39, 0.29) is 0 Å². The molecule has 0 aliphatic carbocycles. The van der Waals surface area contributed by atoms with E-state index >= 15 is 0 Å². The number of terminal acetylenes is 1. The van der Waals surface area contributed by atoms with Gasteiger partial charge in [0.25, 0.3) is 0 Å². The van der Waals surface area contributed by atoms with Crippen molar-refractivity contribution in [3.05, 3.63) is 29.8 Å². The second kappa shape index (κ2) is 8.64. The zero-order valence-corrected chi connectivity index (χ0v) is 11.8. The summed E-state index contributed by atoms with van der Waals surface area (Å²) in [6.07, 6.45) is 13.4. The van der Waals surface area contributed by atoms with Crippen molar-refractivity contribution in [1.82, 2.24) is 0 Å². The Balaban J connectivity index is 2.23. The van der Waals surface area contributed by atoms with E-state index < -0.39 is 0 Å². The lowest BCUT2D eigenvalue weighted by Crippen LogP contribution is -2.18. The minimum absolute atomic E-state index is 0.951. The van der Waals surface area contributed by atoms with Gasteiger partial charge in [-0.2, -0.15) is 0 Å². The minimum Gasteiger partial charge on any atom is -0.375 e. The highest BCUT2D eigenvalue weighted by molar-refractivity contribution is 5.49.